The van der Waals surface area contributed by atoms with Crippen LogP contribution < -0.4 is 26.6 Å². The SMILES string of the molecule is CCCN1C(=O)C(CCNC(=O)COCCOC)NC(=O)C(Cc2c[nH]c3ccccc23)NC(=O)C2(CCCC2)NC(=O)C(Cc2c[nH]c3ccccc23)NC(=O)C2CC3CCCCC3N2C(=O)C1C. The van der Waals surface area contributed by atoms with Gasteiger partial charge in [0, 0.05) is 73.3 Å². The van der Waals surface area contributed by atoms with E-state index in [9.17, 15) is 19.2 Å². The second kappa shape index (κ2) is 22.7. The summed E-state index contributed by atoms with van der Waals surface area (Å²) in [5.74, 6) is -3.56. The van der Waals surface area contributed by atoms with Crippen molar-refractivity contribution in [1.29, 1.82) is 0 Å². The largest absolute Gasteiger partial charge is 0.382 e. The van der Waals surface area contributed by atoms with E-state index in [-0.39, 0.29) is 70.4 Å². The Hall–Kier alpha value is -6.27. The average Bonchev–Trinajstić information content (AvgIpc) is 4.19. The summed E-state index contributed by atoms with van der Waals surface area (Å²) >= 11 is 0. The molecule has 18 nitrogen and oxygen atoms in total. The molecule has 4 fully saturated rings. The Bertz CT molecular complexity index is 2530. The molecule has 7 amide bonds. The van der Waals surface area contributed by atoms with Crippen LogP contribution in [-0.4, -0.2) is 143 Å². The molecule has 18 heteroatoms. The van der Waals surface area contributed by atoms with Gasteiger partial charge in [-0.2, -0.15) is 0 Å². The monoisotopic (exact) mass is 964 g/mol. The summed E-state index contributed by atoms with van der Waals surface area (Å²) in [5, 5.41) is 16.7. The van der Waals surface area contributed by atoms with E-state index < -0.39 is 77.1 Å². The first kappa shape index (κ1) is 50.1. The Labute approximate surface area is 408 Å². The van der Waals surface area contributed by atoms with Gasteiger partial charge >= 0.3 is 0 Å². The topological polar surface area (TPSA) is 236 Å². The van der Waals surface area contributed by atoms with Crippen molar-refractivity contribution < 1.29 is 43.0 Å². The minimum atomic E-state index is -1.44. The first-order chi connectivity index (χ1) is 33.9. The number of carbonyl (C=O) groups is 7. The van der Waals surface area contributed by atoms with Gasteiger partial charge in [-0.1, -0.05) is 69.0 Å². The molecule has 7 unspecified atom stereocenters. The van der Waals surface area contributed by atoms with Gasteiger partial charge in [-0.3, -0.25) is 33.6 Å². The highest BCUT2D eigenvalue weighted by Gasteiger charge is 2.51. The van der Waals surface area contributed by atoms with E-state index in [0.717, 1.165) is 52.2 Å². The Morgan fingerprint density at radius 2 is 1.39 bits per heavy atom. The molecule has 0 radical (unpaired) electrons. The van der Waals surface area contributed by atoms with Crippen LogP contribution in [0.3, 0.4) is 0 Å². The number of para-hydroxylation sites is 2. The van der Waals surface area contributed by atoms with Gasteiger partial charge in [0.25, 0.3) is 0 Å². The van der Waals surface area contributed by atoms with Crippen molar-refractivity contribution in [1.82, 2.24) is 46.4 Å². The lowest BCUT2D eigenvalue weighted by Crippen LogP contribution is -2.65. The first-order valence-electron chi connectivity index (χ1n) is 25.2. The zero-order valence-corrected chi connectivity index (χ0v) is 40.6. The fourth-order valence-corrected chi connectivity index (χ4v) is 11.3. The minimum absolute atomic E-state index is 0.0216. The number of nitrogens with zero attached hydrogens (tertiary/aromatic N) is 2. The van der Waals surface area contributed by atoms with Crippen LogP contribution in [0.1, 0.15) is 95.6 Å². The number of benzene rings is 2. The predicted molar refractivity (Wildman–Crippen MR) is 262 cm³/mol. The average molecular weight is 964 g/mol. The van der Waals surface area contributed by atoms with Crippen molar-refractivity contribution in [3.05, 3.63) is 72.1 Å². The maximum Gasteiger partial charge on any atom is 0.246 e. The maximum absolute atomic E-state index is 15.2. The van der Waals surface area contributed by atoms with Gasteiger partial charge in [0.2, 0.25) is 41.4 Å². The molecule has 2 aromatic carbocycles. The summed E-state index contributed by atoms with van der Waals surface area (Å²) in [6.07, 6.45) is 9.71. The summed E-state index contributed by atoms with van der Waals surface area (Å²) in [5.41, 5.74) is 1.78. The van der Waals surface area contributed by atoms with Crippen LogP contribution in [0.2, 0.25) is 0 Å². The van der Waals surface area contributed by atoms with Gasteiger partial charge in [-0.05, 0) is 81.0 Å². The Balaban J connectivity index is 1.18. The third kappa shape index (κ3) is 11.0. The molecule has 2 aliphatic carbocycles. The lowest BCUT2D eigenvalue weighted by molar-refractivity contribution is -0.151. The van der Waals surface area contributed by atoms with Crippen LogP contribution >= 0.6 is 0 Å². The molecule has 70 heavy (non-hydrogen) atoms. The molecular formula is C52H69N9O9. The van der Waals surface area contributed by atoms with Gasteiger partial charge in [0.15, 0.2) is 0 Å². The third-order valence-corrected chi connectivity index (χ3v) is 15.0. The summed E-state index contributed by atoms with van der Waals surface area (Å²) in [6, 6.07) is 9.41. The summed E-state index contributed by atoms with van der Waals surface area (Å²) in [7, 11) is 1.53. The number of H-pyrrole nitrogens is 2. The normalized spacial score (nSPS) is 25.8. The molecule has 2 saturated heterocycles. The number of fused-ring (bicyclic) bond motifs is 5. The van der Waals surface area contributed by atoms with Gasteiger partial charge in [-0.15, -0.1) is 0 Å². The zero-order chi connectivity index (χ0) is 49.4. The number of methoxy groups -OCH3 is 1. The molecule has 2 saturated carbocycles. The number of hydrogen-bond donors (Lipinski definition) is 7. The molecule has 0 bridgehead atoms. The number of aromatic amines is 2. The number of carbonyl (C=O) groups excluding carboxylic acids is 7. The highest BCUT2D eigenvalue weighted by molar-refractivity contribution is 6.00. The zero-order valence-electron chi connectivity index (χ0n) is 40.6. The Morgan fingerprint density at radius 3 is 2.04 bits per heavy atom. The molecule has 4 aromatic rings. The molecule has 4 aliphatic rings. The second-order valence-electron chi connectivity index (χ2n) is 19.6. The quantitative estimate of drug-likeness (QED) is 0.0918. The van der Waals surface area contributed by atoms with E-state index in [0.29, 0.717) is 38.7 Å². The summed E-state index contributed by atoms with van der Waals surface area (Å²) in [6.45, 7) is 3.95. The van der Waals surface area contributed by atoms with Crippen molar-refractivity contribution >= 4 is 63.2 Å². The number of rotatable bonds is 14. The molecule has 8 rings (SSSR count). The standard InChI is InChI=1S/C52H69N9O9/c1-4-23-60-32(2)49(66)61-43-18-10-5-13-33(43)28-44(61)48(65)57-42(27-35-30-55-39-17-9-7-15-37(35)39)47(64)59-52(20-11-12-21-52)51(68)58-41(26-34-29-54-38-16-8-6-14-36(34)38)46(63)56-40(50(60)67)19-22-53-45(62)31-70-25-24-69-3/h6-9,14-17,29-30,32-33,40-44,54-55H,4-5,10-13,18-28,31H2,1-3H3,(H,53,62)(H,56,63)(H,57,65)(H,58,68)(H,59,64). The number of nitrogens with one attached hydrogen (secondary N) is 7. The van der Waals surface area contributed by atoms with Crippen LogP contribution in [-0.2, 0) is 55.9 Å². The first-order valence-corrected chi connectivity index (χ1v) is 25.2. The second-order valence-corrected chi connectivity index (χ2v) is 19.6. The molecule has 2 aromatic heterocycles. The molecule has 2 aliphatic heterocycles. The Morgan fingerprint density at radius 1 is 0.757 bits per heavy atom. The number of ether oxygens (including phenoxy) is 2. The predicted octanol–water partition coefficient (Wildman–Crippen LogP) is 3.29. The number of amides is 7. The van der Waals surface area contributed by atoms with Gasteiger partial charge in [0.1, 0.15) is 42.4 Å². The van der Waals surface area contributed by atoms with Crippen LogP contribution in [0.15, 0.2) is 60.9 Å². The third-order valence-electron chi connectivity index (χ3n) is 15.0. The van der Waals surface area contributed by atoms with Crippen molar-refractivity contribution in [2.45, 2.75) is 139 Å². The van der Waals surface area contributed by atoms with Crippen LogP contribution in [0, 0.1) is 5.92 Å². The lowest BCUT2D eigenvalue weighted by Gasteiger charge is -2.39. The lowest BCUT2D eigenvalue weighted by atomic mass is 9.84. The summed E-state index contributed by atoms with van der Waals surface area (Å²) in [4.78, 5) is 113. The van der Waals surface area contributed by atoms with Crippen molar-refractivity contribution in [3.63, 3.8) is 0 Å². The van der Waals surface area contributed by atoms with Crippen molar-refractivity contribution in [2.75, 3.05) is 40.0 Å². The van der Waals surface area contributed by atoms with E-state index >= 15 is 14.4 Å². The molecule has 7 N–H and O–H groups in total. The molecular weight excluding hydrogens is 895 g/mol. The van der Waals surface area contributed by atoms with Crippen LogP contribution in [0.25, 0.3) is 21.8 Å². The smallest absolute Gasteiger partial charge is 0.246 e. The van der Waals surface area contributed by atoms with E-state index in [1.807, 2.05) is 61.7 Å². The maximum atomic E-state index is 15.2. The Kier molecular flexibility index (Phi) is 16.2. The fourth-order valence-electron chi connectivity index (χ4n) is 11.3. The van der Waals surface area contributed by atoms with Crippen molar-refractivity contribution in [2.24, 2.45) is 5.92 Å². The highest BCUT2D eigenvalue weighted by atomic mass is 16.5. The van der Waals surface area contributed by atoms with Crippen LogP contribution in [0.4, 0.5) is 0 Å². The van der Waals surface area contributed by atoms with E-state index in [2.05, 4.69) is 36.6 Å². The van der Waals surface area contributed by atoms with Gasteiger partial charge in [0.05, 0.1) is 13.2 Å². The van der Waals surface area contributed by atoms with Gasteiger partial charge < -0.3 is 55.8 Å². The molecule has 4 heterocycles. The molecule has 376 valence electrons. The fraction of sp³-hybridized carbons (Fsp3) is 0.558. The van der Waals surface area contributed by atoms with Gasteiger partial charge in [-0.25, -0.2) is 0 Å². The minimum Gasteiger partial charge on any atom is -0.382 e. The molecule has 7 atom stereocenters. The number of hydrogen-bond acceptors (Lipinski definition) is 9. The van der Waals surface area contributed by atoms with E-state index in [1.54, 1.807) is 18.0 Å². The van der Waals surface area contributed by atoms with Crippen LogP contribution in [0.5, 0.6) is 0 Å². The molecule has 1 spiro atoms. The van der Waals surface area contributed by atoms with E-state index in [4.69, 9.17) is 9.47 Å². The van der Waals surface area contributed by atoms with E-state index in [1.165, 1.54) is 12.0 Å². The van der Waals surface area contributed by atoms with Crippen molar-refractivity contribution in [3.8, 4) is 0 Å². The number of aromatic nitrogens is 2. The summed E-state index contributed by atoms with van der Waals surface area (Å²) < 4.78 is 10.4. The highest BCUT2D eigenvalue weighted by Crippen LogP contribution is 2.41.